The summed E-state index contributed by atoms with van der Waals surface area (Å²) < 4.78 is 7.82. The monoisotopic (exact) mass is 374 g/mol. The van der Waals surface area contributed by atoms with Crippen molar-refractivity contribution in [2.75, 3.05) is 11.9 Å². The summed E-state index contributed by atoms with van der Waals surface area (Å²) in [6.45, 7) is 4.58. The first-order valence-electron chi connectivity index (χ1n) is 8.67. The van der Waals surface area contributed by atoms with Crippen LogP contribution < -0.4 is 5.32 Å². The molecule has 7 heteroatoms. The molecule has 3 aromatic heterocycles. The molecule has 4 heterocycles. The van der Waals surface area contributed by atoms with Crippen molar-refractivity contribution in [3.63, 3.8) is 0 Å². The first-order valence-corrected chi connectivity index (χ1v) is 10.4. The number of hydrogen-bond acceptors (Lipinski definition) is 6. The lowest BCUT2D eigenvalue weighted by Crippen LogP contribution is -2.24. The second-order valence-electron chi connectivity index (χ2n) is 6.28. The van der Waals surface area contributed by atoms with Crippen LogP contribution in [0.15, 0.2) is 29.8 Å². The molecule has 0 amide bonds. The lowest BCUT2D eigenvalue weighted by molar-refractivity contribution is 0.00403. The van der Waals surface area contributed by atoms with E-state index in [1.165, 1.54) is 17.7 Å². The summed E-state index contributed by atoms with van der Waals surface area (Å²) >= 11 is 3.43. The van der Waals surface area contributed by atoms with Gasteiger partial charge in [-0.15, -0.1) is 11.3 Å². The highest BCUT2D eigenvalue weighted by Crippen LogP contribution is 2.32. The molecule has 132 valence electrons. The van der Waals surface area contributed by atoms with Gasteiger partial charge in [0.25, 0.3) is 0 Å². The number of nitrogens with zero attached hydrogens (tertiary/aromatic N) is 3. The molecular weight excluding hydrogens is 352 g/mol. The molecule has 0 saturated carbocycles. The Bertz CT molecular complexity index is 803. The molecular formula is C18H22N4OS2. The molecule has 25 heavy (non-hydrogen) atoms. The van der Waals surface area contributed by atoms with Crippen LogP contribution in [0.25, 0.3) is 10.6 Å². The van der Waals surface area contributed by atoms with E-state index in [-0.39, 0.29) is 0 Å². The minimum Gasteiger partial charge on any atom is -0.376 e. The van der Waals surface area contributed by atoms with E-state index in [0.717, 1.165) is 47.5 Å². The van der Waals surface area contributed by atoms with E-state index >= 15 is 0 Å². The molecule has 1 aliphatic heterocycles. The van der Waals surface area contributed by atoms with Gasteiger partial charge in [0.05, 0.1) is 29.8 Å². The topological polar surface area (TPSA) is 52.0 Å². The first kappa shape index (κ1) is 16.8. The molecule has 1 N–H and O–H groups in total. The molecule has 0 unspecified atom stereocenters. The van der Waals surface area contributed by atoms with E-state index in [2.05, 4.69) is 33.9 Å². The lowest BCUT2D eigenvalue weighted by atomic mass is 10.1. The number of aryl methyl sites for hydroxylation is 1. The van der Waals surface area contributed by atoms with Gasteiger partial charge in [-0.2, -0.15) is 5.10 Å². The van der Waals surface area contributed by atoms with Crippen molar-refractivity contribution in [3.05, 3.63) is 40.3 Å². The largest absolute Gasteiger partial charge is 0.376 e. The second-order valence-corrected chi connectivity index (χ2v) is 8.31. The number of aromatic nitrogens is 3. The van der Waals surface area contributed by atoms with Gasteiger partial charge in [-0.1, -0.05) is 17.4 Å². The second kappa shape index (κ2) is 7.68. The SMILES string of the molecule is Cc1nc(NCc2cccs2)sc1-c1ccn(C[C@@H]2CCCCO2)n1. The molecule has 0 radical (unpaired) electrons. The fourth-order valence-corrected chi connectivity index (χ4v) is 4.60. The molecule has 3 aromatic rings. The van der Waals surface area contributed by atoms with Crippen LogP contribution >= 0.6 is 22.7 Å². The Morgan fingerprint density at radius 2 is 2.32 bits per heavy atom. The van der Waals surface area contributed by atoms with E-state index in [4.69, 9.17) is 9.84 Å². The summed E-state index contributed by atoms with van der Waals surface area (Å²) in [6.07, 6.45) is 5.91. The third-order valence-corrected chi connectivity index (χ3v) is 6.34. The van der Waals surface area contributed by atoms with E-state index in [0.29, 0.717) is 6.10 Å². The van der Waals surface area contributed by atoms with Gasteiger partial charge in [0.2, 0.25) is 0 Å². The van der Waals surface area contributed by atoms with Crippen molar-refractivity contribution < 1.29 is 4.74 Å². The highest BCUT2D eigenvalue weighted by Gasteiger charge is 2.16. The molecule has 0 spiro atoms. The van der Waals surface area contributed by atoms with Gasteiger partial charge in [0.1, 0.15) is 5.69 Å². The van der Waals surface area contributed by atoms with Crippen molar-refractivity contribution in [3.8, 4) is 10.6 Å². The highest BCUT2D eigenvalue weighted by atomic mass is 32.1. The summed E-state index contributed by atoms with van der Waals surface area (Å²) in [5.41, 5.74) is 2.02. The lowest BCUT2D eigenvalue weighted by Gasteiger charge is -2.22. The van der Waals surface area contributed by atoms with Crippen LogP contribution in [0, 0.1) is 6.92 Å². The maximum absolute atomic E-state index is 5.81. The van der Waals surface area contributed by atoms with Crippen molar-refractivity contribution in [2.45, 2.75) is 45.4 Å². The number of anilines is 1. The van der Waals surface area contributed by atoms with Crippen molar-refractivity contribution in [1.29, 1.82) is 0 Å². The van der Waals surface area contributed by atoms with Gasteiger partial charge in [0.15, 0.2) is 5.13 Å². The van der Waals surface area contributed by atoms with Crippen LogP contribution in [0.2, 0.25) is 0 Å². The van der Waals surface area contributed by atoms with Gasteiger partial charge in [0, 0.05) is 17.7 Å². The van der Waals surface area contributed by atoms with Gasteiger partial charge in [-0.05, 0) is 43.7 Å². The zero-order valence-corrected chi connectivity index (χ0v) is 15.9. The Balaban J connectivity index is 1.42. The highest BCUT2D eigenvalue weighted by molar-refractivity contribution is 7.19. The molecule has 4 rings (SSSR count). The molecule has 1 saturated heterocycles. The summed E-state index contributed by atoms with van der Waals surface area (Å²) in [6, 6.07) is 6.28. The van der Waals surface area contributed by atoms with E-state index in [9.17, 15) is 0 Å². The molecule has 1 aliphatic rings. The summed E-state index contributed by atoms with van der Waals surface area (Å²) in [7, 11) is 0. The number of ether oxygens (including phenoxy) is 1. The van der Waals surface area contributed by atoms with Crippen molar-refractivity contribution in [1.82, 2.24) is 14.8 Å². The smallest absolute Gasteiger partial charge is 0.183 e. The van der Waals surface area contributed by atoms with E-state index in [1.54, 1.807) is 22.7 Å². The first-order chi connectivity index (χ1) is 12.3. The normalized spacial score (nSPS) is 17.7. The zero-order chi connectivity index (χ0) is 17.1. The fraction of sp³-hybridized carbons (Fsp3) is 0.444. The molecule has 1 fully saturated rings. The van der Waals surface area contributed by atoms with Crippen LogP contribution in [0.3, 0.4) is 0 Å². The van der Waals surface area contributed by atoms with Gasteiger partial charge in [-0.25, -0.2) is 4.98 Å². The Morgan fingerprint density at radius 1 is 1.36 bits per heavy atom. The third-order valence-electron chi connectivity index (χ3n) is 4.33. The van der Waals surface area contributed by atoms with Gasteiger partial charge >= 0.3 is 0 Å². The Morgan fingerprint density at radius 3 is 3.12 bits per heavy atom. The predicted octanol–water partition coefficient (Wildman–Crippen LogP) is 4.56. The average Bonchev–Trinajstić information content (AvgIpc) is 3.35. The third kappa shape index (κ3) is 4.11. The molecule has 0 bridgehead atoms. The fourth-order valence-electron chi connectivity index (χ4n) is 3.03. The standard InChI is InChI=1S/C18H22N4OS2/c1-13-17(25-18(20-13)19-11-15-6-4-10-24-15)16-7-8-22(21-16)12-14-5-2-3-9-23-14/h4,6-8,10,14H,2-3,5,9,11-12H2,1H3,(H,19,20)/t14-/m0/s1. The molecule has 0 aliphatic carbocycles. The van der Waals surface area contributed by atoms with Crippen LogP contribution in [-0.4, -0.2) is 27.5 Å². The van der Waals surface area contributed by atoms with Crippen LogP contribution in [0.4, 0.5) is 5.13 Å². The summed E-state index contributed by atoms with van der Waals surface area (Å²) in [5.74, 6) is 0. The predicted molar refractivity (Wildman–Crippen MR) is 103 cm³/mol. The van der Waals surface area contributed by atoms with E-state index < -0.39 is 0 Å². The summed E-state index contributed by atoms with van der Waals surface area (Å²) in [4.78, 5) is 7.10. The minimum absolute atomic E-state index is 0.298. The zero-order valence-electron chi connectivity index (χ0n) is 14.3. The Kier molecular flexibility index (Phi) is 5.14. The Hall–Kier alpha value is -1.70. The Labute approximate surface area is 155 Å². The summed E-state index contributed by atoms with van der Waals surface area (Å²) in [5, 5.41) is 11.2. The number of rotatable bonds is 6. The van der Waals surface area contributed by atoms with Crippen LogP contribution in [-0.2, 0) is 17.8 Å². The molecule has 0 aromatic carbocycles. The minimum atomic E-state index is 0.298. The van der Waals surface area contributed by atoms with Crippen LogP contribution in [0.1, 0.15) is 29.8 Å². The number of thiophene rings is 1. The molecule has 1 atom stereocenters. The van der Waals surface area contributed by atoms with Crippen LogP contribution in [0.5, 0.6) is 0 Å². The maximum Gasteiger partial charge on any atom is 0.183 e. The molecule has 5 nitrogen and oxygen atoms in total. The van der Waals surface area contributed by atoms with Crippen molar-refractivity contribution in [2.24, 2.45) is 0 Å². The number of nitrogens with one attached hydrogen (secondary N) is 1. The van der Waals surface area contributed by atoms with Gasteiger partial charge < -0.3 is 10.1 Å². The maximum atomic E-state index is 5.81. The van der Waals surface area contributed by atoms with E-state index in [1.807, 2.05) is 17.8 Å². The quantitative estimate of drug-likeness (QED) is 0.687. The average molecular weight is 375 g/mol. The number of thiazole rings is 1. The van der Waals surface area contributed by atoms with Gasteiger partial charge in [-0.3, -0.25) is 4.68 Å². The van der Waals surface area contributed by atoms with Crippen molar-refractivity contribution >= 4 is 27.8 Å². The number of hydrogen-bond donors (Lipinski definition) is 1.